The van der Waals surface area contributed by atoms with Crippen LogP contribution in [-0.2, 0) is 0 Å². The molecule has 1 aromatic heterocycles. The van der Waals surface area contributed by atoms with E-state index in [1.807, 2.05) is 0 Å². The molecule has 0 aliphatic rings. The van der Waals surface area contributed by atoms with E-state index in [9.17, 15) is 14.0 Å². The Bertz CT molecular complexity index is 702. The second-order valence-corrected chi connectivity index (χ2v) is 4.25. The van der Waals surface area contributed by atoms with Gasteiger partial charge in [0.05, 0.1) is 11.9 Å². The molecule has 0 bridgehead atoms. The number of ether oxygens (including phenoxy) is 1. The number of nitrogens with one attached hydrogen (secondary N) is 1. The number of nitrogens with two attached hydrogens (primary N) is 1. The largest absolute Gasteiger partial charge is 0.437 e. The summed E-state index contributed by atoms with van der Waals surface area (Å²) in [6, 6.07) is 3.52. The Labute approximate surface area is 114 Å². The molecule has 2 aromatic rings. The minimum Gasteiger partial charge on any atom is -0.437 e. The maximum absolute atomic E-state index is 13.5. The molecule has 0 atom stereocenters. The van der Waals surface area contributed by atoms with Gasteiger partial charge in [0.1, 0.15) is 16.0 Å². The highest BCUT2D eigenvalue weighted by molar-refractivity contribution is 9.10. The summed E-state index contributed by atoms with van der Waals surface area (Å²) in [5.41, 5.74) is 4.30. The molecule has 8 heteroatoms. The first-order chi connectivity index (χ1) is 8.99. The molecule has 1 amide bonds. The van der Waals surface area contributed by atoms with E-state index in [-0.39, 0.29) is 21.7 Å². The fourth-order valence-corrected chi connectivity index (χ4v) is 1.61. The zero-order valence-electron chi connectivity index (χ0n) is 9.31. The predicted octanol–water partition coefficient (Wildman–Crippen LogP) is 1.56. The summed E-state index contributed by atoms with van der Waals surface area (Å²) >= 11 is 2.99. The first kappa shape index (κ1) is 13.2. The summed E-state index contributed by atoms with van der Waals surface area (Å²) in [7, 11) is 0. The number of halogens is 2. The van der Waals surface area contributed by atoms with Crippen LogP contribution in [0.3, 0.4) is 0 Å². The van der Waals surface area contributed by atoms with Gasteiger partial charge in [0, 0.05) is 6.07 Å². The highest BCUT2D eigenvalue weighted by Gasteiger charge is 2.12. The van der Waals surface area contributed by atoms with E-state index >= 15 is 0 Å². The van der Waals surface area contributed by atoms with Crippen LogP contribution in [0.4, 0.5) is 4.39 Å². The van der Waals surface area contributed by atoms with Crippen LogP contribution in [0.2, 0.25) is 0 Å². The topological polar surface area (TPSA) is 98.1 Å². The van der Waals surface area contributed by atoms with Crippen LogP contribution in [-0.4, -0.2) is 15.9 Å². The summed E-state index contributed by atoms with van der Waals surface area (Å²) in [6.07, 6.45) is 1.15. The standard InChI is InChI=1S/C11H7BrFN3O3/c12-8-10(18)15-4-16-11(8)19-5-1-2-6(9(14)17)7(13)3-5/h1-4H,(H2,14,17)(H,15,16,18). The molecule has 0 aliphatic heterocycles. The lowest BCUT2D eigenvalue weighted by Crippen LogP contribution is -2.13. The number of benzene rings is 1. The lowest BCUT2D eigenvalue weighted by Gasteiger charge is -2.06. The molecule has 6 nitrogen and oxygen atoms in total. The second-order valence-electron chi connectivity index (χ2n) is 3.46. The number of nitrogens with zero attached hydrogens (tertiary/aromatic N) is 1. The Balaban J connectivity index is 2.34. The van der Waals surface area contributed by atoms with Gasteiger partial charge < -0.3 is 15.5 Å². The van der Waals surface area contributed by atoms with Gasteiger partial charge >= 0.3 is 0 Å². The number of rotatable bonds is 3. The fraction of sp³-hybridized carbons (Fsp3) is 0. The number of H-pyrrole nitrogens is 1. The SMILES string of the molecule is NC(=O)c1ccc(Oc2nc[nH]c(=O)c2Br)cc1F. The molecule has 2 rings (SSSR count). The molecule has 0 unspecified atom stereocenters. The van der Waals surface area contributed by atoms with Crippen LogP contribution in [0.15, 0.2) is 33.8 Å². The summed E-state index contributed by atoms with van der Waals surface area (Å²) in [5, 5.41) is 0. The van der Waals surface area contributed by atoms with Gasteiger partial charge in [0.25, 0.3) is 11.5 Å². The molecule has 1 heterocycles. The Hall–Kier alpha value is -2.22. The average Bonchev–Trinajstić information content (AvgIpc) is 2.34. The lowest BCUT2D eigenvalue weighted by molar-refractivity contribution is 0.0996. The van der Waals surface area contributed by atoms with Crippen LogP contribution < -0.4 is 16.0 Å². The smallest absolute Gasteiger partial charge is 0.268 e. The van der Waals surface area contributed by atoms with E-state index in [2.05, 4.69) is 25.9 Å². The number of hydrogen-bond acceptors (Lipinski definition) is 4. The van der Waals surface area contributed by atoms with Gasteiger partial charge in [0.15, 0.2) is 0 Å². The molecule has 0 aliphatic carbocycles. The molecule has 0 radical (unpaired) electrons. The number of carbonyl (C=O) groups excluding carboxylic acids is 1. The predicted molar refractivity (Wildman–Crippen MR) is 67.5 cm³/mol. The Morgan fingerprint density at radius 2 is 2.21 bits per heavy atom. The first-order valence-corrected chi connectivity index (χ1v) is 5.78. The van der Waals surface area contributed by atoms with Gasteiger partial charge in [-0.1, -0.05) is 0 Å². The Kier molecular flexibility index (Phi) is 3.61. The van der Waals surface area contributed by atoms with Crippen molar-refractivity contribution in [2.75, 3.05) is 0 Å². The van der Waals surface area contributed by atoms with E-state index in [1.54, 1.807) is 0 Å². The third-order valence-electron chi connectivity index (χ3n) is 2.19. The quantitative estimate of drug-likeness (QED) is 0.893. The molecular formula is C11H7BrFN3O3. The van der Waals surface area contributed by atoms with Crippen LogP contribution in [0.1, 0.15) is 10.4 Å². The van der Waals surface area contributed by atoms with Crippen molar-refractivity contribution < 1.29 is 13.9 Å². The van der Waals surface area contributed by atoms with Gasteiger partial charge in [-0.05, 0) is 28.1 Å². The van der Waals surface area contributed by atoms with Crippen molar-refractivity contribution in [1.29, 1.82) is 0 Å². The summed E-state index contributed by atoms with van der Waals surface area (Å²) in [4.78, 5) is 28.3. The van der Waals surface area contributed by atoms with Crippen LogP contribution >= 0.6 is 15.9 Å². The highest BCUT2D eigenvalue weighted by atomic mass is 79.9. The van der Waals surface area contributed by atoms with Crippen molar-refractivity contribution in [2.45, 2.75) is 0 Å². The molecular weight excluding hydrogens is 321 g/mol. The second kappa shape index (κ2) is 5.19. The van der Waals surface area contributed by atoms with Gasteiger partial charge in [0.2, 0.25) is 5.88 Å². The normalized spacial score (nSPS) is 10.2. The molecule has 0 saturated carbocycles. The first-order valence-electron chi connectivity index (χ1n) is 4.99. The Morgan fingerprint density at radius 1 is 1.47 bits per heavy atom. The molecule has 19 heavy (non-hydrogen) atoms. The van der Waals surface area contributed by atoms with Crippen molar-refractivity contribution in [2.24, 2.45) is 5.73 Å². The monoisotopic (exact) mass is 327 g/mol. The maximum atomic E-state index is 13.5. The average molecular weight is 328 g/mol. The molecule has 0 spiro atoms. The summed E-state index contributed by atoms with van der Waals surface area (Å²) in [6.45, 7) is 0. The molecule has 98 valence electrons. The van der Waals surface area contributed by atoms with Crippen molar-refractivity contribution in [1.82, 2.24) is 9.97 Å². The third kappa shape index (κ3) is 2.79. The van der Waals surface area contributed by atoms with Crippen LogP contribution in [0.5, 0.6) is 11.6 Å². The molecule has 0 fully saturated rings. The number of hydrogen-bond donors (Lipinski definition) is 2. The van der Waals surface area contributed by atoms with E-state index in [4.69, 9.17) is 10.5 Å². The van der Waals surface area contributed by atoms with Crippen LogP contribution in [0.25, 0.3) is 0 Å². The number of primary amides is 1. The lowest BCUT2D eigenvalue weighted by atomic mass is 10.2. The molecule has 1 aromatic carbocycles. The minimum atomic E-state index is -0.875. The van der Waals surface area contributed by atoms with Gasteiger partial charge in [-0.25, -0.2) is 9.37 Å². The maximum Gasteiger partial charge on any atom is 0.268 e. The van der Waals surface area contributed by atoms with Crippen LogP contribution in [0, 0.1) is 5.82 Å². The number of aromatic nitrogens is 2. The number of aromatic amines is 1. The summed E-state index contributed by atoms with van der Waals surface area (Å²) < 4.78 is 18.8. The zero-order valence-corrected chi connectivity index (χ0v) is 10.9. The van der Waals surface area contributed by atoms with E-state index < -0.39 is 17.3 Å². The van der Waals surface area contributed by atoms with Crippen molar-refractivity contribution in [3.8, 4) is 11.6 Å². The van der Waals surface area contributed by atoms with E-state index in [0.29, 0.717) is 0 Å². The zero-order chi connectivity index (χ0) is 14.0. The van der Waals surface area contributed by atoms with E-state index in [0.717, 1.165) is 12.4 Å². The number of carbonyl (C=O) groups is 1. The minimum absolute atomic E-state index is 0.0185. The van der Waals surface area contributed by atoms with Crippen molar-refractivity contribution >= 4 is 21.8 Å². The Morgan fingerprint density at radius 3 is 2.84 bits per heavy atom. The fourth-order valence-electron chi connectivity index (χ4n) is 1.31. The van der Waals surface area contributed by atoms with Gasteiger partial charge in [-0.3, -0.25) is 9.59 Å². The van der Waals surface area contributed by atoms with Crippen molar-refractivity contribution in [3.63, 3.8) is 0 Å². The number of amides is 1. The van der Waals surface area contributed by atoms with E-state index in [1.165, 1.54) is 12.1 Å². The molecule has 3 N–H and O–H groups in total. The summed E-state index contributed by atoms with van der Waals surface area (Å²) in [5.74, 6) is -1.62. The third-order valence-corrected chi connectivity index (χ3v) is 2.88. The highest BCUT2D eigenvalue weighted by Crippen LogP contribution is 2.25. The van der Waals surface area contributed by atoms with Gasteiger partial charge in [-0.15, -0.1) is 0 Å². The van der Waals surface area contributed by atoms with Crippen molar-refractivity contribution in [3.05, 3.63) is 50.7 Å². The molecule has 0 saturated heterocycles. The van der Waals surface area contributed by atoms with Gasteiger partial charge in [-0.2, -0.15) is 0 Å².